The quantitative estimate of drug-likeness (QED) is 0.817. The van der Waals surface area contributed by atoms with Gasteiger partial charge in [0, 0.05) is 19.0 Å². The second-order valence-corrected chi connectivity index (χ2v) is 5.01. The molecule has 0 spiro atoms. The Morgan fingerprint density at radius 1 is 1.50 bits per heavy atom. The molecule has 0 aliphatic carbocycles. The van der Waals surface area contributed by atoms with E-state index in [-0.39, 0.29) is 0 Å². The summed E-state index contributed by atoms with van der Waals surface area (Å²) in [5, 5.41) is 11.6. The summed E-state index contributed by atoms with van der Waals surface area (Å²) in [4.78, 5) is 10.9. The Kier molecular flexibility index (Phi) is 2.48. The van der Waals surface area contributed by atoms with E-state index in [1.807, 2.05) is 19.1 Å². The fraction of sp³-hybridized carbons (Fsp3) is 0.100. The second-order valence-electron chi connectivity index (χ2n) is 3.02. The Morgan fingerprint density at radius 3 is 2.86 bits per heavy atom. The second kappa shape index (κ2) is 3.51. The third kappa shape index (κ3) is 1.42. The SMILES string of the molecule is Cc1ccc2scc(C(=O)O)c2c1I. The molecule has 0 radical (unpaired) electrons. The lowest BCUT2D eigenvalue weighted by atomic mass is 10.1. The lowest BCUT2D eigenvalue weighted by molar-refractivity contribution is 0.0699. The van der Waals surface area contributed by atoms with Crippen molar-refractivity contribution in [1.29, 1.82) is 0 Å². The van der Waals surface area contributed by atoms with Gasteiger partial charge in [-0.25, -0.2) is 4.79 Å². The molecule has 4 heteroatoms. The van der Waals surface area contributed by atoms with Crippen molar-refractivity contribution in [2.75, 3.05) is 0 Å². The zero-order chi connectivity index (χ0) is 10.3. The highest BCUT2D eigenvalue weighted by atomic mass is 127. The van der Waals surface area contributed by atoms with Crippen LogP contribution in [0.15, 0.2) is 17.5 Å². The van der Waals surface area contributed by atoms with Gasteiger partial charge in [0.2, 0.25) is 0 Å². The Labute approximate surface area is 98.7 Å². The summed E-state index contributed by atoms with van der Waals surface area (Å²) in [5.74, 6) is -0.847. The monoisotopic (exact) mass is 318 g/mol. The molecule has 0 unspecified atom stereocenters. The average Bonchev–Trinajstić information content (AvgIpc) is 2.55. The van der Waals surface area contributed by atoms with Gasteiger partial charge in [-0.1, -0.05) is 6.07 Å². The van der Waals surface area contributed by atoms with Crippen molar-refractivity contribution >= 4 is 50.0 Å². The first-order chi connectivity index (χ1) is 6.61. The molecule has 0 amide bonds. The van der Waals surface area contributed by atoms with E-state index in [9.17, 15) is 4.79 Å². The molecule has 0 bridgehead atoms. The van der Waals surface area contributed by atoms with Crippen molar-refractivity contribution in [3.8, 4) is 0 Å². The average molecular weight is 318 g/mol. The minimum Gasteiger partial charge on any atom is -0.478 e. The number of carboxylic acid groups (broad SMARTS) is 1. The van der Waals surface area contributed by atoms with Crippen LogP contribution in [0.5, 0.6) is 0 Å². The lowest BCUT2D eigenvalue weighted by Crippen LogP contribution is -1.95. The maximum atomic E-state index is 10.9. The number of halogens is 1. The molecular formula is C10H7IO2S. The van der Waals surface area contributed by atoms with Crippen molar-refractivity contribution in [2.24, 2.45) is 0 Å². The predicted molar refractivity (Wildman–Crippen MR) is 66.2 cm³/mol. The number of hydrogen-bond donors (Lipinski definition) is 1. The molecular weight excluding hydrogens is 311 g/mol. The number of rotatable bonds is 1. The van der Waals surface area contributed by atoms with Crippen LogP contribution in [0, 0.1) is 10.5 Å². The van der Waals surface area contributed by atoms with Crippen LogP contribution in [0.3, 0.4) is 0 Å². The van der Waals surface area contributed by atoms with Crippen LogP contribution in [0.4, 0.5) is 0 Å². The Bertz CT molecular complexity index is 516. The molecule has 0 saturated heterocycles. The molecule has 0 aliphatic heterocycles. The van der Waals surface area contributed by atoms with Crippen molar-refractivity contribution < 1.29 is 9.90 Å². The number of hydrogen-bond acceptors (Lipinski definition) is 2. The van der Waals surface area contributed by atoms with E-state index in [0.717, 1.165) is 19.2 Å². The predicted octanol–water partition coefficient (Wildman–Crippen LogP) is 3.51. The lowest BCUT2D eigenvalue weighted by Gasteiger charge is -2.00. The van der Waals surface area contributed by atoms with Gasteiger partial charge in [-0.3, -0.25) is 0 Å². The number of fused-ring (bicyclic) bond motifs is 1. The number of benzene rings is 1. The molecule has 2 aromatic rings. The molecule has 72 valence electrons. The fourth-order valence-electron chi connectivity index (χ4n) is 1.35. The summed E-state index contributed by atoms with van der Waals surface area (Å²) in [6, 6.07) is 4.00. The van der Waals surface area contributed by atoms with Gasteiger partial charge >= 0.3 is 5.97 Å². The molecule has 0 aliphatic rings. The molecule has 0 fully saturated rings. The molecule has 2 nitrogen and oxygen atoms in total. The largest absolute Gasteiger partial charge is 0.478 e. The van der Waals surface area contributed by atoms with Gasteiger partial charge in [-0.15, -0.1) is 11.3 Å². The molecule has 0 atom stereocenters. The standard InChI is InChI=1S/C10H7IO2S/c1-5-2-3-7-8(9(5)11)6(4-14-7)10(12)13/h2-4H,1H3,(H,12,13). The van der Waals surface area contributed by atoms with Crippen molar-refractivity contribution in [1.82, 2.24) is 0 Å². The van der Waals surface area contributed by atoms with Crippen LogP contribution in [-0.2, 0) is 0 Å². The van der Waals surface area contributed by atoms with Crippen molar-refractivity contribution in [3.63, 3.8) is 0 Å². The summed E-state index contributed by atoms with van der Waals surface area (Å²) < 4.78 is 2.08. The molecule has 1 N–H and O–H groups in total. The topological polar surface area (TPSA) is 37.3 Å². The number of carboxylic acids is 1. The minimum absolute atomic E-state index is 0.415. The van der Waals surface area contributed by atoms with Gasteiger partial charge in [0.25, 0.3) is 0 Å². The van der Waals surface area contributed by atoms with Gasteiger partial charge in [0.1, 0.15) is 0 Å². The maximum Gasteiger partial charge on any atom is 0.337 e. The third-order valence-corrected chi connectivity index (χ3v) is 4.44. The third-order valence-electron chi connectivity index (χ3n) is 2.10. The molecule has 0 saturated carbocycles. The fourth-order valence-corrected chi connectivity index (χ4v) is 3.23. The Balaban J connectivity index is 2.89. The van der Waals surface area contributed by atoms with Crippen LogP contribution in [0.1, 0.15) is 15.9 Å². The van der Waals surface area contributed by atoms with Crippen LogP contribution in [0.25, 0.3) is 10.1 Å². The van der Waals surface area contributed by atoms with Crippen molar-refractivity contribution in [2.45, 2.75) is 6.92 Å². The number of aryl methyl sites for hydroxylation is 1. The van der Waals surface area contributed by atoms with Crippen LogP contribution in [0.2, 0.25) is 0 Å². The van der Waals surface area contributed by atoms with Crippen molar-refractivity contribution in [3.05, 3.63) is 32.2 Å². The maximum absolute atomic E-state index is 10.9. The van der Waals surface area contributed by atoms with E-state index in [2.05, 4.69) is 22.6 Å². The first kappa shape index (κ1) is 9.92. The minimum atomic E-state index is -0.847. The Hall–Kier alpha value is -0.620. The van der Waals surface area contributed by atoms with E-state index < -0.39 is 5.97 Å². The summed E-state index contributed by atoms with van der Waals surface area (Å²) in [7, 11) is 0. The van der Waals surface area contributed by atoms with Crippen LogP contribution < -0.4 is 0 Å². The smallest absolute Gasteiger partial charge is 0.337 e. The van der Waals surface area contributed by atoms with Crippen LogP contribution in [-0.4, -0.2) is 11.1 Å². The van der Waals surface area contributed by atoms with E-state index in [1.54, 1.807) is 5.38 Å². The summed E-state index contributed by atoms with van der Waals surface area (Å²) in [6.45, 7) is 1.99. The molecule has 1 heterocycles. The highest BCUT2D eigenvalue weighted by Gasteiger charge is 2.14. The molecule has 1 aromatic heterocycles. The number of aromatic carboxylic acids is 1. The van der Waals surface area contributed by atoms with Gasteiger partial charge in [0.05, 0.1) is 5.56 Å². The normalized spacial score (nSPS) is 10.7. The molecule has 2 rings (SSSR count). The Morgan fingerprint density at radius 2 is 2.21 bits per heavy atom. The highest BCUT2D eigenvalue weighted by Crippen LogP contribution is 2.31. The molecule has 14 heavy (non-hydrogen) atoms. The first-order valence-electron chi connectivity index (χ1n) is 4.01. The summed E-state index contributed by atoms with van der Waals surface area (Å²) >= 11 is 3.68. The first-order valence-corrected chi connectivity index (χ1v) is 5.96. The highest BCUT2D eigenvalue weighted by molar-refractivity contribution is 14.1. The zero-order valence-corrected chi connectivity index (χ0v) is 10.3. The van der Waals surface area contributed by atoms with Gasteiger partial charge in [-0.2, -0.15) is 0 Å². The van der Waals surface area contributed by atoms with E-state index in [1.165, 1.54) is 11.3 Å². The zero-order valence-electron chi connectivity index (χ0n) is 7.37. The number of thiophene rings is 1. The van der Waals surface area contributed by atoms with E-state index in [0.29, 0.717) is 5.56 Å². The summed E-state index contributed by atoms with van der Waals surface area (Å²) in [6.07, 6.45) is 0. The van der Waals surface area contributed by atoms with Gasteiger partial charge < -0.3 is 5.11 Å². The summed E-state index contributed by atoms with van der Waals surface area (Å²) in [5.41, 5.74) is 1.54. The van der Waals surface area contributed by atoms with E-state index >= 15 is 0 Å². The van der Waals surface area contributed by atoms with E-state index in [4.69, 9.17) is 5.11 Å². The number of carbonyl (C=O) groups is 1. The van der Waals surface area contributed by atoms with Gasteiger partial charge in [0.15, 0.2) is 0 Å². The van der Waals surface area contributed by atoms with Crippen LogP contribution >= 0.6 is 33.9 Å². The molecule has 1 aromatic carbocycles. The van der Waals surface area contributed by atoms with Gasteiger partial charge in [-0.05, 0) is 41.1 Å².